The highest BCUT2D eigenvalue weighted by Crippen LogP contribution is 2.31. The van der Waals surface area contributed by atoms with E-state index in [1.165, 1.54) is 43.8 Å². The van der Waals surface area contributed by atoms with E-state index in [1.807, 2.05) is 30.3 Å². The molecule has 3 aliphatic rings. The van der Waals surface area contributed by atoms with Crippen LogP contribution in [0.15, 0.2) is 28.4 Å². The van der Waals surface area contributed by atoms with Crippen LogP contribution in [0.5, 0.6) is 0 Å². The molecule has 0 saturated carbocycles. The summed E-state index contributed by atoms with van der Waals surface area (Å²) in [5.41, 5.74) is 1.64. The van der Waals surface area contributed by atoms with Crippen LogP contribution < -0.4 is 4.90 Å². The number of hydrogen-bond donors (Lipinski definition) is 1. The number of piperazine rings is 3. The first-order valence-electron chi connectivity index (χ1n) is 10.5. The number of halogens is 1. The summed E-state index contributed by atoms with van der Waals surface area (Å²) < 4.78 is 1.23. The Morgan fingerprint density at radius 1 is 1.19 bits per heavy atom. The van der Waals surface area contributed by atoms with Crippen LogP contribution in [0.2, 0.25) is 5.02 Å². The number of quaternary nitrogens is 1. The maximum Gasteiger partial charge on any atom is 0.249 e. The van der Waals surface area contributed by atoms with Gasteiger partial charge >= 0.3 is 0 Å². The standard InChI is InChI=1S/C21H25ClN9/c1-2-30(8-12-31-9-5-29(6-10-31)7-11-31)16-3-4-18(17(22)13-16)27-28-21-25-19(14-23)20(15-24)26-21/h3-4,13H,2,5-12H2,1H3,(H,25,26)/q+1/b28-27+. The van der Waals surface area contributed by atoms with Gasteiger partial charge in [0.05, 0.1) is 37.7 Å². The molecule has 0 amide bonds. The number of aromatic amines is 1. The topological polar surface area (TPSA) is 107 Å². The molecule has 9 nitrogen and oxygen atoms in total. The highest BCUT2D eigenvalue weighted by Gasteiger charge is 2.38. The number of fused-ring (bicyclic) bond motifs is 3. The summed E-state index contributed by atoms with van der Waals surface area (Å²) in [5.74, 6) is 0.0963. The molecular formula is C21H25ClN9+. The second kappa shape index (κ2) is 9.03. The van der Waals surface area contributed by atoms with Gasteiger partial charge in [-0.1, -0.05) is 11.6 Å². The summed E-state index contributed by atoms with van der Waals surface area (Å²) in [5, 5.41) is 26.6. The number of H-pyrrole nitrogens is 1. The van der Waals surface area contributed by atoms with Gasteiger partial charge in [-0.15, -0.1) is 10.2 Å². The van der Waals surface area contributed by atoms with E-state index in [4.69, 9.17) is 22.1 Å². The van der Waals surface area contributed by atoms with Gasteiger partial charge in [0.1, 0.15) is 17.8 Å². The minimum Gasteiger partial charge on any atom is -0.366 e. The largest absolute Gasteiger partial charge is 0.366 e. The lowest BCUT2D eigenvalue weighted by molar-refractivity contribution is -0.939. The number of azo groups is 1. The monoisotopic (exact) mass is 438 g/mol. The fraction of sp³-hybridized carbons (Fsp3) is 0.476. The van der Waals surface area contributed by atoms with Crippen LogP contribution in [0.4, 0.5) is 17.3 Å². The molecule has 0 radical (unpaired) electrons. The molecule has 0 unspecified atom stereocenters. The van der Waals surface area contributed by atoms with Gasteiger partial charge in [-0.25, -0.2) is 0 Å². The average Bonchev–Trinajstić information content (AvgIpc) is 3.22. The molecule has 2 bridgehead atoms. The second-order valence-electron chi connectivity index (χ2n) is 8.00. The van der Waals surface area contributed by atoms with Crippen molar-refractivity contribution >= 4 is 28.9 Å². The number of nitrogens with zero attached hydrogens (tertiary/aromatic N) is 8. The Kier molecular flexibility index (Phi) is 6.19. The SMILES string of the molecule is CCN(CC[N+]12CCN(CC1)CC2)c1ccc(/N=N/c2nc(C#N)c(C#N)[nH]2)c(Cl)c1. The van der Waals surface area contributed by atoms with Crippen LogP contribution in [0, 0.1) is 22.7 Å². The number of nitrogens with one attached hydrogen (secondary N) is 1. The Bertz CT molecular complexity index is 1010. The van der Waals surface area contributed by atoms with Gasteiger partial charge in [-0.2, -0.15) is 15.5 Å². The van der Waals surface area contributed by atoms with Crippen molar-refractivity contribution in [2.24, 2.45) is 10.2 Å². The third kappa shape index (κ3) is 4.54. The van der Waals surface area contributed by atoms with Crippen molar-refractivity contribution in [3.8, 4) is 12.1 Å². The van der Waals surface area contributed by atoms with Crippen molar-refractivity contribution < 1.29 is 4.48 Å². The number of aromatic nitrogens is 2. The van der Waals surface area contributed by atoms with Crippen LogP contribution >= 0.6 is 11.6 Å². The first-order chi connectivity index (χ1) is 15.1. The number of rotatable bonds is 7. The molecule has 1 N–H and O–H groups in total. The van der Waals surface area contributed by atoms with E-state index in [1.54, 1.807) is 0 Å². The zero-order chi connectivity index (χ0) is 21.8. The Balaban J connectivity index is 1.44. The van der Waals surface area contributed by atoms with Crippen molar-refractivity contribution in [2.75, 3.05) is 63.8 Å². The van der Waals surface area contributed by atoms with E-state index in [9.17, 15) is 0 Å². The lowest BCUT2D eigenvalue weighted by Crippen LogP contribution is -2.68. The second-order valence-corrected chi connectivity index (χ2v) is 8.41. The van der Waals surface area contributed by atoms with Gasteiger partial charge in [0.25, 0.3) is 0 Å². The molecule has 1 aromatic carbocycles. The third-order valence-corrected chi connectivity index (χ3v) is 6.66. The summed E-state index contributed by atoms with van der Waals surface area (Å²) in [6, 6.07) is 9.46. The smallest absolute Gasteiger partial charge is 0.249 e. The summed E-state index contributed by atoms with van der Waals surface area (Å²) in [4.78, 5) is 11.5. The molecule has 2 aromatic rings. The van der Waals surface area contributed by atoms with Gasteiger partial charge in [-0.05, 0) is 25.1 Å². The highest BCUT2D eigenvalue weighted by molar-refractivity contribution is 6.33. The number of likely N-dealkylation sites (N-methyl/N-ethyl adjacent to an activating group) is 1. The molecule has 31 heavy (non-hydrogen) atoms. The lowest BCUT2D eigenvalue weighted by Gasteiger charge is -2.51. The van der Waals surface area contributed by atoms with Gasteiger partial charge in [-0.3, -0.25) is 4.90 Å². The molecule has 160 valence electrons. The van der Waals surface area contributed by atoms with E-state index >= 15 is 0 Å². The zero-order valence-corrected chi connectivity index (χ0v) is 18.3. The normalized spacial score (nSPS) is 22.4. The summed E-state index contributed by atoms with van der Waals surface area (Å²) in [6.07, 6.45) is 0. The molecule has 5 rings (SSSR count). The highest BCUT2D eigenvalue weighted by atomic mass is 35.5. The molecule has 10 heteroatoms. The van der Waals surface area contributed by atoms with Crippen molar-refractivity contribution in [1.29, 1.82) is 10.5 Å². The zero-order valence-electron chi connectivity index (χ0n) is 17.6. The average molecular weight is 439 g/mol. The Labute approximate surface area is 186 Å². The van der Waals surface area contributed by atoms with Crippen molar-refractivity contribution in [2.45, 2.75) is 6.92 Å². The number of imidazole rings is 1. The van der Waals surface area contributed by atoms with Crippen molar-refractivity contribution in [1.82, 2.24) is 14.9 Å². The third-order valence-electron chi connectivity index (χ3n) is 6.36. The molecule has 0 atom stereocenters. The molecule has 3 aliphatic heterocycles. The van der Waals surface area contributed by atoms with Gasteiger partial charge in [0, 0.05) is 31.9 Å². The van der Waals surface area contributed by atoms with E-state index in [0.717, 1.165) is 25.3 Å². The first kappa shape index (κ1) is 21.3. The van der Waals surface area contributed by atoms with E-state index in [-0.39, 0.29) is 17.3 Å². The van der Waals surface area contributed by atoms with Crippen LogP contribution in [0.1, 0.15) is 18.3 Å². The number of hydrogen-bond acceptors (Lipinski definition) is 7. The minimum absolute atomic E-state index is 0.00186. The maximum absolute atomic E-state index is 8.99. The predicted octanol–water partition coefficient (Wildman–Crippen LogP) is 3.19. The van der Waals surface area contributed by atoms with Crippen molar-refractivity contribution in [3.63, 3.8) is 0 Å². The fourth-order valence-electron chi connectivity index (χ4n) is 4.31. The molecule has 0 aliphatic carbocycles. The number of benzene rings is 1. The van der Waals surface area contributed by atoms with E-state index in [0.29, 0.717) is 10.7 Å². The number of nitriles is 2. The van der Waals surface area contributed by atoms with Crippen LogP contribution in [0.25, 0.3) is 0 Å². The van der Waals surface area contributed by atoms with Crippen molar-refractivity contribution in [3.05, 3.63) is 34.6 Å². The van der Waals surface area contributed by atoms with Gasteiger partial charge in [0.15, 0.2) is 11.4 Å². The summed E-state index contributed by atoms with van der Waals surface area (Å²) in [6.45, 7) is 12.6. The minimum atomic E-state index is -0.00186. The molecule has 1 aromatic heterocycles. The summed E-state index contributed by atoms with van der Waals surface area (Å²) >= 11 is 6.47. The predicted molar refractivity (Wildman–Crippen MR) is 118 cm³/mol. The molecule has 0 spiro atoms. The molecule has 3 fully saturated rings. The Morgan fingerprint density at radius 2 is 1.94 bits per heavy atom. The maximum atomic E-state index is 8.99. The van der Waals surface area contributed by atoms with E-state index < -0.39 is 0 Å². The first-order valence-corrected chi connectivity index (χ1v) is 10.9. The lowest BCUT2D eigenvalue weighted by atomic mass is 10.1. The molecule has 3 saturated heterocycles. The van der Waals surface area contributed by atoms with Crippen LogP contribution in [0.3, 0.4) is 0 Å². The summed E-state index contributed by atoms with van der Waals surface area (Å²) in [7, 11) is 0. The van der Waals surface area contributed by atoms with Gasteiger partial charge in [0.2, 0.25) is 5.95 Å². The van der Waals surface area contributed by atoms with Crippen LogP contribution in [-0.4, -0.2) is 78.3 Å². The van der Waals surface area contributed by atoms with E-state index in [2.05, 4.69) is 36.9 Å². The van der Waals surface area contributed by atoms with Crippen LogP contribution in [-0.2, 0) is 0 Å². The quantitative estimate of drug-likeness (QED) is 0.527. The Hall–Kier alpha value is -2.98. The Morgan fingerprint density at radius 3 is 2.52 bits per heavy atom. The molecule has 4 heterocycles. The molecular weight excluding hydrogens is 414 g/mol. The fourth-order valence-corrected chi connectivity index (χ4v) is 4.53. The number of anilines is 1. The van der Waals surface area contributed by atoms with Gasteiger partial charge < -0.3 is 14.4 Å².